The fraction of sp³-hybridized carbons (Fsp3) is 0.921. The standard InChI is InChI=1S/C20H38O4.C18H36O2/c21-19(22)17-15-13-11-9-7-5-3-1-2-4-6-8-10-12-14-16-18-20(23)24;1-17(2)15-13-11-9-7-5-3-4-6-8-10-12-14-16-18(19)20/h1-18H2,(H,21,22)(H,23,24);17H,3-16H2,1-2H3,(H,19,20). The summed E-state index contributed by atoms with van der Waals surface area (Å²) in [5.74, 6) is -1.13. The molecule has 0 radical (unpaired) electrons. The van der Waals surface area contributed by atoms with Gasteiger partial charge in [-0.1, -0.05) is 181 Å². The number of carbonyl (C=O) groups is 3. The van der Waals surface area contributed by atoms with Gasteiger partial charge in [0, 0.05) is 19.3 Å². The van der Waals surface area contributed by atoms with Gasteiger partial charge in [-0.2, -0.15) is 0 Å². The first-order valence-electron chi connectivity index (χ1n) is 18.9. The Balaban J connectivity index is 0. The Morgan fingerprint density at radius 2 is 0.477 bits per heavy atom. The third kappa shape index (κ3) is 47.3. The van der Waals surface area contributed by atoms with Crippen molar-refractivity contribution in [3.8, 4) is 0 Å². The smallest absolute Gasteiger partial charge is 0.303 e. The minimum atomic E-state index is -0.673. The van der Waals surface area contributed by atoms with Crippen LogP contribution in [-0.4, -0.2) is 33.2 Å². The molecule has 0 spiro atoms. The van der Waals surface area contributed by atoms with Crippen LogP contribution in [0.25, 0.3) is 0 Å². The van der Waals surface area contributed by atoms with Gasteiger partial charge in [0.2, 0.25) is 0 Å². The van der Waals surface area contributed by atoms with Crippen molar-refractivity contribution in [1.82, 2.24) is 0 Å². The topological polar surface area (TPSA) is 112 Å². The fourth-order valence-electron chi connectivity index (χ4n) is 5.62. The summed E-state index contributed by atoms with van der Waals surface area (Å²) in [6.07, 6.45) is 37.2. The molecule has 0 rings (SSSR count). The van der Waals surface area contributed by atoms with E-state index in [-0.39, 0.29) is 0 Å². The first-order valence-corrected chi connectivity index (χ1v) is 18.9. The highest BCUT2D eigenvalue weighted by molar-refractivity contribution is 5.67. The predicted molar refractivity (Wildman–Crippen MR) is 185 cm³/mol. The monoisotopic (exact) mass is 627 g/mol. The van der Waals surface area contributed by atoms with Crippen molar-refractivity contribution in [2.24, 2.45) is 5.92 Å². The summed E-state index contributed by atoms with van der Waals surface area (Å²) in [6, 6.07) is 0. The van der Waals surface area contributed by atoms with Crippen LogP contribution in [-0.2, 0) is 14.4 Å². The molecule has 3 N–H and O–H groups in total. The van der Waals surface area contributed by atoms with Gasteiger partial charge in [0.15, 0.2) is 0 Å². The predicted octanol–water partition coefficient (Wildman–Crippen LogP) is 12.4. The highest BCUT2D eigenvalue weighted by Crippen LogP contribution is 2.16. The first-order chi connectivity index (χ1) is 21.3. The molecule has 0 aliphatic rings. The normalized spacial score (nSPS) is 11.0. The summed E-state index contributed by atoms with van der Waals surface area (Å²) in [7, 11) is 0. The van der Waals surface area contributed by atoms with Crippen molar-refractivity contribution in [3.05, 3.63) is 0 Å². The van der Waals surface area contributed by atoms with E-state index in [9.17, 15) is 14.4 Å². The average Bonchev–Trinajstić information content (AvgIpc) is 2.96. The highest BCUT2D eigenvalue weighted by Gasteiger charge is 2.00. The van der Waals surface area contributed by atoms with E-state index in [2.05, 4.69) is 13.8 Å². The second-order valence-electron chi connectivity index (χ2n) is 13.5. The Labute approximate surface area is 272 Å². The second kappa shape index (κ2) is 37.6. The molecule has 0 aromatic rings. The molecule has 6 heteroatoms. The zero-order valence-electron chi connectivity index (χ0n) is 29.3. The zero-order chi connectivity index (χ0) is 32.9. The lowest BCUT2D eigenvalue weighted by atomic mass is 10.0. The molecule has 0 aromatic carbocycles. The number of hydrogen-bond acceptors (Lipinski definition) is 3. The molecule has 0 unspecified atom stereocenters. The van der Waals surface area contributed by atoms with Crippen LogP contribution in [0, 0.1) is 5.92 Å². The van der Waals surface area contributed by atoms with Gasteiger partial charge >= 0.3 is 17.9 Å². The lowest BCUT2D eigenvalue weighted by molar-refractivity contribution is -0.138. The van der Waals surface area contributed by atoms with E-state index in [0.29, 0.717) is 19.3 Å². The number of rotatable bonds is 34. The molecule has 6 nitrogen and oxygen atoms in total. The molecule has 0 heterocycles. The molecule has 0 atom stereocenters. The molecule has 0 bridgehead atoms. The number of carboxylic acid groups (broad SMARTS) is 3. The van der Waals surface area contributed by atoms with Crippen LogP contribution in [0.4, 0.5) is 0 Å². The van der Waals surface area contributed by atoms with Crippen LogP contribution in [0.1, 0.15) is 219 Å². The van der Waals surface area contributed by atoms with E-state index >= 15 is 0 Å². The Morgan fingerprint density at radius 1 is 0.318 bits per heavy atom. The van der Waals surface area contributed by atoms with Crippen molar-refractivity contribution < 1.29 is 29.7 Å². The molecule has 0 aromatic heterocycles. The molecular formula is C38H74O6. The molecule has 0 fully saturated rings. The van der Waals surface area contributed by atoms with Crippen LogP contribution in [0.2, 0.25) is 0 Å². The van der Waals surface area contributed by atoms with Crippen LogP contribution in [0.15, 0.2) is 0 Å². The number of unbranched alkanes of at least 4 members (excludes halogenated alkanes) is 26. The van der Waals surface area contributed by atoms with Crippen molar-refractivity contribution >= 4 is 17.9 Å². The number of aliphatic carboxylic acids is 3. The van der Waals surface area contributed by atoms with Crippen molar-refractivity contribution in [1.29, 1.82) is 0 Å². The summed E-state index contributed by atoms with van der Waals surface area (Å²) in [4.78, 5) is 31.1. The van der Waals surface area contributed by atoms with E-state index in [1.165, 1.54) is 148 Å². The van der Waals surface area contributed by atoms with Gasteiger partial charge in [-0.15, -0.1) is 0 Å². The molecule has 44 heavy (non-hydrogen) atoms. The molecular weight excluding hydrogens is 552 g/mol. The van der Waals surface area contributed by atoms with Gasteiger partial charge < -0.3 is 15.3 Å². The van der Waals surface area contributed by atoms with E-state index in [1.54, 1.807) is 0 Å². The van der Waals surface area contributed by atoms with Gasteiger partial charge in [-0.05, 0) is 25.2 Å². The van der Waals surface area contributed by atoms with Crippen molar-refractivity contribution in [3.63, 3.8) is 0 Å². The van der Waals surface area contributed by atoms with E-state index in [1.807, 2.05) is 0 Å². The Morgan fingerprint density at radius 3 is 0.636 bits per heavy atom. The Bertz CT molecular complexity index is 588. The summed E-state index contributed by atoms with van der Waals surface area (Å²) < 4.78 is 0. The van der Waals surface area contributed by atoms with Gasteiger partial charge in [-0.3, -0.25) is 14.4 Å². The van der Waals surface area contributed by atoms with Gasteiger partial charge in [-0.25, -0.2) is 0 Å². The lowest BCUT2D eigenvalue weighted by Crippen LogP contribution is -1.93. The van der Waals surface area contributed by atoms with Gasteiger partial charge in [0.25, 0.3) is 0 Å². The van der Waals surface area contributed by atoms with Crippen molar-refractivity contribution in [2.45, 2.75) is 219 Å². The third-order valence-electron chi connectivity index (χ3n) is 8.45. The molecule has 0 aliphatic carbocycles. The maximum absolute atomic E-state index is 10.4. The summed E-state index contributed by atoms with van der Waals surface area (Å²) in [5, 5.41) is 25.6. The fourth-order valence-corrected chi connectivity index (χ4v) is 5.62. The summed E-state index contributed by atoms with van der Waals surface area (Å²) in [6.45, 7) is 4.61. The highest BCUT2D eigenvalue weighted by atomic mass is 16.4. The van der Waals surface area contributed by atoms with Crippen LogP contribution in [0.5, 0.6) is 0 Å². The minimum absolute atomic E-state index is 0.322. The maximum Gasteiger partial charge on any atom is 0.303 e. The molecule has 262 valence electrons. The minimum Gasteiger partial charge on any atom is -0.481 e. The maximum atomic E-state index is 10.4. The van der Waals surface area contributed by atoms with Crippen molar-refractivity contribution in [2.75, 3.05) is 0 Å². The molecule has 0 amide bonds. The van der Waals surface area contributed by atoms with Crippen LogP contribution >= 0.6 is 0 Å². The SMILES string of the molecule is CC(C)CCCCCCCCCCCCCCC(=O)O.O=C(O)CCCCCCCCCCCCCCCCCCC(=O)O. The summed E-state index contributed by atoms with van der Waals surface area (Å²) in [5.41, 5.74) is 0. The average molecular weight is 627 g/mol. The van der Waals surface area contributed by atoms with E-state index in [4.69, 9.17) is 15.3 Å². The number of hydrogen-bond donors (Lipinski definition) is 3. The second-order valence-corrected chi connectivity index (χ2v) is 13.5. The lowest BCUT2D eigenvalue weighted by Gasteiger charge is -2.04. The van der Waals surface area contributed by atoms with Crippen LogP contribution < -0.4 is 0 Å². The van der Waals surface area contributed by atoms with E-state index < -0.39 is 17.9 Å². The van der Waals surface area contributed by atoms with Gasteiger partial charge in [0.05, 0.1) is 0 Å². The van der Waals surface area contributed by atoms with E-state index in [0.717, 1.165) is 44.4 Å². The zero-order valence-corrected chi connectivity index (χ0v) is 29.3. The molecule has 0 saturated heterocycles. The van der Waals surface area contributed by atoms with Crippen LogP contribution in [0.3, 0.4) is 0 Å². The largest absolute Gasteiger partial charge is 0.481 e. The molecule has 0 aliphatic heterocycles. The Hall–Kier alpha value is -1.59. The summed E-state index contributed by atoms with van der Waals surface area (Å²) >= 11 is 0. The number of carboxylic acids is 3. The van der Waals surface area contributed by atoms with Gasteiger partial charge in [0.1, 0.15) is 0 Å². The Kier molecular flexibility index (Phi) is 38.1. The first kappa shape index (κ1) is 44.5. The third-order valence-corrected chi connectivity index (χ3v) is 8.45. The quantitative estimate of drug-likeness (QED) is 0.0612. The molecule has 0 saturated carbocycles.